The van der Waals surface area contributed by atoms with Gasteiger partial charge in [-0.1, -0.05) is 17.7 Å². The van der Waals surface area contributed by atoms with Crippen molar-refractivity contribution >= 4 is 39.1 Å². The number of carbonyl (C=O) groups is 1. The van der Waals surface area contributed by atoms with Crippen molar-refractivity contribution in [1.82, 2.24) is 4.98 Å². The van der Waals surface area contributed by atoms with Crippen LogP contribution in [0, 0.1) is 13.8 Å². The predicted octanol–water partition coefficient (Wildman–Crippen LogP) is 4.37. The molecule has 1 aromatic heterocycles. The van der Waals surface area contributed by atoms with Crippen LogP contribution in [0.25, 0.3) is 0 Å². The van der Waals surface area contributed by atoms with Gasteiger partial charge in [0.05, 0.1) is 5.69 Å². The van der Waals surface area contributed by atoms with Gasteiger partial charge in [-0.2, -0.15) is 0 Å². The largest absolute Gasteiger partial charge is 0.321 e. The molecule has 1 aromatic carbocycles. The van der Waals surface area contributed by atoms with Crippen LogP contribution < -0.4 is 5.32 Å². The van der Waals surface area contributed by atoms with E-state index in [9.17, 15) is 4.79 Å². The summed E-state index contributed by atoms with van der Waals surface area (Å²) in [7, 11) is 0. The molecule has 98 valence electrons. The maximum Gasteiger partial charge on any atom is 0.255 e. The van der Waals surface area contributed by atoms with Crippen molar-refractivity contribution < 1.29 is 4.79 Å². The fourth-order valence-corrected chi connectivity index (χ4v) is 2.75. The molecule has 0 atom stereocenters. The third kappa shape index (κ3) is 3.33. The highest BCUT2D eigenvalue weighted by Gasteiger charge is 2.11. The summed E-state index contributed by atoms with van der Waals surface area (Å²) in [6.07, 6.45) is 1.51. The zero-order valence-corrected chi connectivity index (χ0v) is 12.8. The summed E-state index contributed by atoms with van der Waals surface area (Å²) < 4.78 is 0.860. The molecule has 2 aromatic rings. The second-order valence-corrected chi connectivity index (χ2v) is 5.50. The van der Waals surface area contributed by atoms with Crippen LogP contribution in [0.1, 0.15) is 21.5 Å². The quantitative estimate of drug-likeness (QED) is 0.826. The lowest BCUT2D eigenvalue weighted by Gasteiger charge is -2.11. The van der Waals surface area contributed by atoms with E-state index in [0.29, 0.717) is 10.7 Å². The molecule has 1 heterocycles. The lowest BCUT2D eigenvalue weighted by molar-refractivity contribution is 0.102. The summed E-state index contributed by atoms with van der Waals surface area (Å²) in [6.45, 7) is 3.96. The number of amides is 1. The molecule has 0 aliphatic carbocycles. The highest BCUT2D eigenvalue weighted by Crippen LogP contribution is 2.28. The highest BCUT2D eigenvalue weighted by atomic mass is 79.9. The molecule has 0 aliphatic rings. The number of anilines is 1. The number of rotatable bonds is 2. The van der Waals surface area contributed by atoms with Crippen molar-refractivity contribution in [3.05, 3.63) is 56.8 Å². The summed E-state index contributed by atoms with van der Waals surface area (Å²) in [6, 6.07) is 7.13. The second kappa shape index (κ2) is 5.72. The van der Waals surface area contributed by atoms with Crippen LogP contribution in [0.2, 0.25) is 5.15 Å². The van der Waals surface area contributed by atoms with E-state index in [-0.39, 0.29) is 5.91 Å². The Balaban J connectivity index is 2.29. The minimum absolute atomic E-state index is 0.211. The number of nitrogens with zero attached hydrogens (tertiary/aromatic N) is 1. The van der Waals surface area contributed by atoms with Gasteiger partial charge in [0, 0.05) is 16.2 Å². The molecule has 3 nitrogen and oxygen atoms in total. The van der Waals surface area contributed by atoms with Crippen molar-refractivity contribution in [3.63, 3.8) is 0 Å². The van der Waals surface area contributed by atoms with Gasteiger partial charge in [0.15, 0.2) is 0 Å². The van der Waals surface area contributed by atoms with Gasteiger partial charge in [0.25, 0.3) is 5.91 Å². The zero-order valence-electron chi connectivity index (χ0n) is 10.5. The Morgan fingerprint density at radius 1 is 1.32 bits per heavy atom. The lowest BCUT2D eigenvalue weighted by atomic mass is 10.1. The van der Waals surface area contributed by atoms with Crippen molar-refractivity contribution in [2.24, 2.45) is 0 Å². The van der Waals surface area contributed by atoms with Crippen LogP contribution in [0.5, 0.6) is 0 Å². The Morgan fingerprint density at radius 2 is 2.05 bits per heavy atom. The molecule has 0 bridgehead atoms. The Kier molecular flexibility index (Phi) is 4.22. The van der Waals surface area contributed by atoms with E-state index in [1.54, 1.807) is 6.07 Å². The molecule has 19 heavy (non-hydrogen) atoms. The highest BCUT2D eigenvalue weighted by molar-refractivity contribution is 9.10. The molecular formula is C14H12BrClN2O. The van der Waals surface area contributed by atoms with E-state index in [1.807, 2.05) is 26.0 Å². The number of nitrogens with one attached hydrogen (secondary N) is 1. The molecule has 0 unspecified atom stereocenters. The predicted molar refractivity (Wildman–Crippen MR) is 80.8 cm³/mol. The van der Waals surface area contributed by atoms with Gasteiger partial charge in [-0.05, 0) is 59.1 Å². The molecule has 0 saturated carbocycles. The van der Waals surface area contributed by atoms with E-state index in [4.69, 9.17) is 11.6 Å². The standard InChI is InChI=1S/C14H12BrClN2O/c1-8-5-9(2)13(11(15)6-8)18-14(19)10-3-4-17-12(16)7-10/h3-7H,1-2H3,(H,18,19). The maximum absolute atomic E-state index is 12.1. The Bertz CT molecular complexity index is 620. The lowest BCUT2D eigenvalue weighted by Crippen LogP contribution is -2.13. The number of pyridine rings is 1. The molecule has 0 spiro atoms. The van der Waals surface area contributed by atoms with Crippen LogP contribution in [0.3, 0.4) is 0 Å². The molecule has 0 radical (unpaired) electrons. The third-order valence-electron chi connectivity index (χ3n) is 2.66. The molecule has 0 saturated heterocycles. The van der Waals surface area contributed by atoms with E-state index in [1.165, 1.54) is 12.3 Å². The Morgan fingerprint density at radius 3 is 2.68 bits per heavy atom. The van der Waals surface area contributed by atoms with Crippen LogP contribution in [0.15, 0.2) is 34.9 Å². The molecule has 0 aliphatic heterocycles. The first kappa shape index (κ1) is 14.0. The first-order valence-corrected chi connectivity index (χ1v) is 6.84. The number of hydrogen-bond acceptors (Lipinski definition) is 2. The molecule has 1 amide bonds. The molecule has 5 heteroatoms. The second-order valence-electron chi connectivity index (χ2n) is 4.26. The van der Waals surface area contributed by atoms with E-state index in [0.717, 1.165) is 21.3 Å². The third-order valence-corrected chi connectivity index (χ3v) is 3.49. The summed E-state index contributed by atoms with van der Waals surface area (Å²) in [5, 5.41) is 3.18. The van der Waals surface area contributed by atoms with Gasteiger partial charge < -0.3 is 5.32 Å². The van der Waals surface area contributed by atoms with Crippen molar-refractivity contribution in [3.8, 4) is 0 Å². The van der Waals surface area contributed by atoms with Gasteiger partial charge in [-0.25, -0.2) is 4.98 Å². The topological polar surface area (TPSA) is 42.0 Å². The van der Waals surface area contributed by atoms with Gasteiger partial charge in [-0.15, -0.1) is 0 Å². The van der Waals surface area contributed by atoms with E-state index < -0.39 is 0 Å². The number of halogens is 2. The average Bonchev–Trinajstić information content (AvgIpc) is 2.33. The Hall–Kier alpha value is -1.39. The average molecular weight is 340 g/mol. The van der Waals surface area contributed by atoms with Gasteiger partial charge in [0.1, 0.15) is 5.15 Å². The monoisotopic (exact) mass is 338 g/mol. The maximum atomic E-state index is 12.1. The first-order chi connectivity index (χ1) is 8.97. The minimum atomic E-state index is -0.211. The number of carbonyl (C=O) groups excluding carboxylic acids is 1. The van der Waals surface area contributed by atoms with E-state index >= 15 is 0 Å². The number of benzene rings is 1. The Labute approximate surface area is 125 Å². The van der Waals surface area contributed by atoms with Crippen LogP contribution in [-0.4, -0.2) is 10.9 Å². The van der Waals surface area contributed by atoms with Crippen molar-refractivity contribution in [2.75, 3.05) is 5.32 Å². The van der Waals surface area contributed by atoms with E-state index in [2.05, 4.69) is 26.2 Å². The van der Waals surface area contributed by atoms with Gasteiger partial charge >= 0.3 is 0 Å². The van der Waals surface area contributed by atoms with Crippen LogP contribution >= 0.6 is 27.5 Å². The minimum Gasteiger partial charge on any atom is -0.321 e. The van der Waals surface area contributed by atoms with Crippen LogP contribution in [-0.2, 0) is 0 Å². The van der Waals surface area contributed by atoms with Crippen LogP contribution in [0.4, 0.5) is 5.69 Å². The summed E-state index contributed by atoms with van der Waals surface area (Å²) in [4.78, 5) is 16.0. The summed E-state index contributed by atoms with van der Waals surface area (Å²) in [5.74, 6) is -0.211. The molecular weight excluding hydrogens is 328 g/mol. The van der Waals surface area contributed by atoms with Gasteiger partial charge in [0.2, 0.25) is 0 Å². The van der Waals surface area contributed by atoms with Crippen molar-refractivity contribution in [2.45, 2.75) is 13.8 Å². The summed E-state index contributed by atoms with van der Waals surface area (Å²) in [5.41, 5.74) is 3.38. The van der Waals surface area contributed by atoms with Gasteiger partial charge in [-0.3, -0.25) is 4.79 Å². The fourth-order valence-electron chi connectivity index (χ4n) is 1.80. The SMILES string of the molecule is Cc1cc(C)c(NC(=O)c2ccnc(Cl)c2)c(Br)c1. The first-order valence-electron chi connectivity index (χ1n) is 5.67. The molecule has 1 N–H and O–H groups in total. The summed E-state index contributed by atoms with van der Waals surface area (Å²) >= 11 is 9.24. The molecule has 2 rings (SSSR count). The van der Waals surface area contributed by atoms with Crippen molar-refractivity contribution in [1.29, 1.82) is 0 Å². The zero-order chi connectivity index (χ0) is 14.0. The molecule has 0 fully saturated rings. The fraction of sp³-hybridized carbons (Fsp3) is 0.143. The number of hydrogen-bond donors (Lipinski definition) is 1. The normalized spacial score (nSPS) is 10.3. The smallest absolute Gasteiger partial charge is 0.255 e. The number of aromatic nitrogens is 1. The number of aryl methyl sites for hydroxylation is 2.